The third kappa shape index (κ3) is 4.86. The molecule has 0 atom stereocenters. The normalized spacial score (nSPS) is 11.2. The van der Waals surface area contributed by atoms with E-state index in [9.17, 15) is 13.2 Å². The van der Waals surface area contributed by atoms with Crippen molar-refractivity contribution < 1.29 is 27.4 Å². The van der Waals surface area contributed by atoms with Crippen LogP contribution in [0.5, 0.6) is 17.2 Å². The van der Waals surface area contributed by atoms with Crippen molar-refractivity contribution in [2.24, 2.45) is 0 Å². The van der Waals surface area contributed by atoms with Crippen LogP contribution in [0.25, 0.3) is 0 Å². The first-order valence-electron chi connectivity index (χ1n) is 8.04. The molecule has 2 aromatic carbocycles. The Morgan fingerprint density at radius 1 is 1.04 bits per heavy atom. The van der Waals surface area contributed by atoms with Gasteiger partial charge in [-0.25, -0.2) is 8.42 Å². The molecule has 0 bridgehead atoms. The molecular formula is C18H21ClN2O6S. The summed E-state index contributed by atoms with van der Waals surface area (Å²) in [5.74, 6) is 0.745. The lowest BCUT2D eigenvalue weighted by atomic mass is 10.2. The van der Waals surface area contributed by atoms with Crippen molar-refractivity contribution in [3.05, 3.63) is 41.4 Å². The molecule has 10 heteroatoms. The number of sulfonamides is 1. The first-order valence-corrected chi connectivity index (χ1v) is 9.86. The van der Waals surface area contributed by atoms with Crippen LogP contribution in [0.1, 0.15) is 0 Å². The van der Waals surface area contributed by atoms with E-state index in [1.807, 2.05) is 0 Å². The molecule has 0 aromatic heterocycles. The van der Waals surface area contributed by atoms with Gasteiger partial charge in [-0.2, -0.15) is 4.31 Å². The van der Waals surface area contributed by atoms with Gasteiger partial charge in [0.15, 0.2) is 0 Å². The molecule has 0 unspecified atom stereocenters. The van der Waals surface area contributed by atoms with Crippen molar-refractivity contribution in [1.29, 1.82) is 0 Å². The summed E-state index contributed by atoms with van der Waals surface area (Å²) in [4.78, 5) is 12.3. The van der Waals surface area contributed by atoms with E-state index in [4.69, 9.17) is 25.8 Å². The second-order valence-corrected chi connectivity index (χ2v) is 8.12. The van der Waals surface area contributed by atoms with Crippen LogP contribution in [-0.4, -0.2) is 53.6 Å². The van der Waals surface area contributed by atoms with Gasteiger partial charge in [0.2, 0.25) is 15.9 Å². The molecule has 0 radical (unpaired) electrons. The van der Waals surface area contributed by atoms with Gasteiger partial charge in [0.05, 0.1) is 43.5 Å². The van der Waals surface area contributed by atoms with E-state index < -0.39 is 22.5 Å². The second kappa shape index (κ2) is 9.13. The number of ether oxygens (including phenoxy) is 3. The number of amides is 1. The summed E-state index contributed by atoms with van der Waals surface area (Å²) >= 11 is 6.00. The predicted octanol–water partition coefficient (Wildman–Crippen LogP) is 2.63. The van der Waals surface area contributed by atoms with Gasteiger partial charge in [-0.3, -0.25) is 4.79 Å². The Morgan fingerprint density at radius 2 is 1.68 bits per heavy atom. The Bertz CT molecular complexity index is 965. The molecule has 1 amide bonds. The zero-order valence-corrected chi connectivity index (χ0v) is 17.4. The Hall–Kier alpha value is -2.49. The number of likely N-dealkylation sites (N-methyl/N-ethyl adjacent to an activating group) is 1. The monoisotopic (exact) mass is 428 g/mol. The van der Waals surface area contributed by atoms with Crippen molar-refractivity contribution in [2.75, 3.05) is 40.2 Å². The SMILES string of the molecule is COc1ccc(OC)c(NC(=O)CN(C)S(=O)(=O)c2ccc(OC)c(Cl)c2)c1. The molecular weight excluding hydrogens is 408 g/mol. The predicted molar refractivity (Wildman–Crippen MR) is 106 cm³/mol. The van der Waals surface area contributed by atoms with Crippen molar-refractivity contribution in [2.45, 2.75) is 4.90 Å². The van der Waals surface area contributed by atoms with Crippen molar-refractivity contribution in [3.8, 4) is 17.2 Å². The molecule has 0 heterocycles. The number of methoxy groups -OCH3 is 3. The molecule has 0 aliphatic heterocycles. The molecule has 1 N–H and O–H groups in total. The van der Waals surface area contributed by atoms with Gasteiger partial charge in [0.1, 0.15) is 17.2 Å². The van der Waals surface area contributed by atoms with E-state index >= 15 is 0 Å². The summed E-state index contributed by atoms with van der Waals surface area (Å²) in [6.45, 7) is -0.410. The molecule has 0 spiro atoms. The zero-order valence-electron chi connectivity index (χ0n) is 15.9. The maximum Gasteiger partial charge on any atom is 0.243 e. The summed E-state index contributed by atoms with van der Waals surface area (Å²) in [5, 5.41) is 2.78. The Kier molecular flexibility index (Phi) is 7.11. The molecule has 8 nitrogen and oxygen atoms in total. The number of carbonyl (C=O) groups is 1. The Morgan fingerprint density at radius 3 is 2.25 bits per heavy atom. The van der Waals surface area contributed by atoms with Crippen LogP contribution in [0.4, 0.5) is 5.69 Å². The number of benzene rings is 2. The van der Waals surface area contributed by atoms with E-state index in [0.29, 0.717) is 22.9 Å². The third-order valence-corrected chi connectivity index (χ3v) is 5.97. The van der Waals surface area contributed by atoms with Gasteiger partial charge in [0, 0.05) is 13.1 Å². The lowest BCUT2D eigenvalue weighted by molar-refractivity contribution is -0.116. The summed E-state index contributed by atoms with van der Waals surface area (Å²) in [5.41, 5.74) is 0.366. The summed E-state index contributed by atoms with van der Waals surface area (Å²) in [6.07, 6.45) is 0. The van der Waals surface area contributed by atoms with Gasteiger partial charge >= 0.3 is 0 Å². The zero-order chi connectivity index (χ0) is 20.9. The largest absolute Gasteiger partial charge is 0.497 e. The summed E-state index contributed by atoms with van der Waals surface area (Å²) < 4.78 is 41.7. The first-order chi connectivity index (χ1) is 13.2. The molecule has 2 aromatic rings. The molecule has 0 fully saturated rings. The lowest BCUT2D eigenvalue weighted by Crippen LogP contribution is -2.35. The number of nitrogens with one attached hydrogen (secondary N) is 1. The van der Waals surface area contributed by atoms with Gasteiger partial charge in [0.25, 0.3) is 0 Å². The van der Waals surface area contributed by atoms with Crippen LogP contribution in [0.3, 0.4) is 0 Å². The maximum absolute atomic E-state index is 12.7. The van der Waals surface area contributed by atoms with Crippen LogP contribution >= 0.6 is 11.6 Å². The van der Waals surface area contributed by atoms with Gasteiger partial charge < -0.3 is 19.5 Å². The molecule has 152 valence electrons. The van der Waals surface area contributed by atoms with E-state index in [0.717, 1.165) is 4.31 Å². The van der Waals surface area contributed by atoms with E-state index in [1.54, 1.807) is 18.2 Å². The highest BCUT2D eigenvalue weighted by molar-refractivity contribution is 7.89. The molecule has 0 saturated carbocycles. The van der Waals surface area contributed by atoms with Crippen LogP contribution < -0.4 is 19.5 Å². The number of rotatable bonds is 8. The average Bonchev–Trinajstić information content (AvgIpc) is 2.67. The van der Waals surface area contributed by atoms with E-state index in [2.05, 4.69) is 5.32 Å². The van der Waals surface area contributed by atoms with Crippen molar-refractivity contribution in [1.82, 2.24) is 4.31 Å². The molecule has 2 rings (SSSR count). The standard InChI is InChI=1S/C18H21ClN2O6S/c1-21(28(23,24)13-6-8-16(26-3)14(19)10-13)11-18(22)20-15-9-12(25-2)5-7-17(15)27-4/h5-10H,11H2,1-4H3,(H,20,22). The fraction of sp³-hybridized carbons (Fsp3) is 0.278. The number of hydrogen-bond donors (Lipinski definition) is 1. The number of hydrogen-bond acceptors (Lipinski definition) is 6. The summed E-state index contributed by atoms with van der Waals surface area (Å²) in [7, 11) is 1.76. The van der Waals surface area contributed by atoms with Crippen LogP contribution in [0.2, 0.25) is 5.02 Å². The fourth-order valence-corrected chi connectivity index (χ4v) is 3.85. The lowest BCUT2D eigenvalue weighted by Gasteiger charge is -2.18. The minimum atomic E-state index is -3.93. The fourth-order valence-electron chi connectivity index (χ4n) is 2.38. The topological polar surface area (TPSA) is 94.2 Å². The number of halogens is 1. The highest BCUT2D eigenvalue weighted by Crippen LogP contribution is 2.30. The number of anilines is 1. The molecule has 0 saturated heterocycles. The van der Waals surface area contributed by atoms with Crippen LogP contribution in [-0.2, 0) is 14.8 Å². The number of carbonyl (C=O) groups excluding carboxylic acids is 1. The Labute approximate surface area is 169 Å². The van der Waals surface area contributed by atoms with Gasteiger partial charge in [-0.1, -0.05) is 11.6 Å². The van der Waals surface area contributed by atoms with Crippen LogP contribution in [0.15, 0.2) is 41.3 Å². The molecule has 0 aliphatic carbocycles. The maximum atomic E-state index is 12.7. The smallest absolute Gasteiger partial charge is 0.243 e. The van der Waals surface area contributed by atoms with E-state index in [-0.39, 0.29) is 9.92 Å². The minimum Gasteiger partial charge on any atom is -0.497 e. The van der Waals surface area contributed by atoms with Crippen molar-refractivity contribution >= 4 is 33.2 Å². The average molecular weight is 429 g/mol. The van der Waals surface area contributed by atoms with E-state index in [1.165, 1.54) is 46.6 Å². The number of nitrogens with zero attached hydrogens (tertiary/aromatic N) is 1. The third-order valence-electron chi connectivity index (χ3n) is 3.88. The molecule has 28 heavy (non-hydrogen) atoms. The summed E-state index contributed by atoms with van der Waals surface area (Å²) in [6, 6.07) is 8.97. The highest BCUT2D eigenvalue weighted by Gasteiger charge is 2.24. The Balaban J connectivity index is 2.16. The van der Waals surface area contributed by atoms with Gasteiger partial charge in [-0.05, 0) is 30.3 Å². The minimum absolute atomic E-state index is 0.0486. The van der Waals surface area contributed by atoms with Crippen molar-refractivity contribution in [3.63, 3.8) is 0 Å². The quantitative estimate of drug-likeness (QED) is 0.694. The highest BCUT2D eigenvalue weighted by atomic mass is 35.5. The second-order valence-electron chi connectivity index (χ2n) is 5.67. The first kappa shape index (κ1) is 21.8. The van der Waals surface area contributed by atoms with Crippen LogP contribution in [0, 0.1) is 0 Å². The molecule has 0 aliphatic rings. The van der Waals surface area contributed by atoms with Gasteiger partial charge in [-0.15, -0.1) is 0 Å².